The van der Waals surface area contributed by atoms with E-state index in [0.717, 1.165) is 46.8 Å². The number of rotatable bonds is 8. The second kappa shape index (κ2) is 9.61. The first-order chi connectivity index (χ1) is 16.1. The number of H-pyrrole nitrogens is 1. The van der Waals surface area contributed by atoms with Gasteiger partial charge < -0.3 is 24.7 Å². The quantitative estimate of drug-likeness (QED) is 0.333. The fourth-order valence-electron chi connectivity index (χ4n) is 3.89. The number of pyridine rings is 1. The molecule has 8 heteroatoms. The van der Waals surface area contributed by atoms with E-state index in [4.69, 9.17) is 0 Å². The number of aromatic nitrogens is 2. The summed E-state index contributed by atoms with van der Waals surface area (Å²) < 4.78 is 26.8. The summed E-state index contributed by atoms with van der Waals surface area (Å²) in [5.74, 6) is -0.379. The van der Waals surface area contributed by atoms with Crippen molar-refractivity contribution in [2.75, 3.05) is 57.8 Å². The third kappa shape index (κ3) is 5.32. The van der Waals surface area contributed by atoms with Crippen molar-refractivity contribution in [2.24, 2.45) is 0 Å². The maximum absolute atomic E-state index is 14.0. The van der Waals surface area contributed by atoms with Crippen LogP contribution in [0.2, 0.25) is 0 Å². The molecule has 4 rings (SSSR count). The minimum absolute atomic E-state index is 0.379. The van der Waals surface area contributed by atoms with Crippen molar-refractivity contribution in [3.8, 4) is 11.3 Å². The molecule has 0 atom stereocenters. The average Bonchev–Trinajstić information content (AvgIpc) is 3.22. The molecule has 2 aromatic heterocycles. The normalized spacial score (nSPS) is 11.9. The topological polar surface area (TPSA) is 64.3 Å². The summed E-state index contributed by atoms with van der Waals surface area (Å²) in [6.45, 7) is 5.30. The Bertz CT molecular complexity index is 1340. The Labute approximate surface area is 200 Å². The fourth-order valence-corrected chi connectivity index (χ4v) is 5.02. The maximum atomic E-state index is 14.0. The molecule has 2 aromatic carbocycles. The van der Waals surface area contributed by atoms with E-state index in [-0.39, 0.29) is 5.82 Å². The van der Waals surface area contributed by atoms with Crippen molar-refractivity contribution < 1.29 is 8.96 Å². The predicted octanol–water partition coefficient (Wildman–Crippen LogP) is 5.36. The molecule has 2 N–H and O–H groups in total. The van der Waals surface area contributed by atoms with Crippen LogP contribution in [0.25, 0.3) is 22.3 Å². The summed E-state index contributed by atoms with van der Waals surface area (Å²) in [4.78, 5) is 12.2. The summed E-state index contributed by atoms with van der Waals surface area (Å²) in [6, 6.07) is 16.6. The molecule has 178 valence electrons. The molecule has 0 amide bonds. The molecule has 0 radical (unpaired) electrons. The van der Waals surface area contributed by atoms with Gasteiger partial charge in [0.05, 0.1) is 11.4 Å². The SMILES string of the molecule is CN(C)CCN(C)c1ccc(-c2cc3c(Nc4cc(F)ccc4P(C)(C)=O)ccnc3[nH]2)cc1. The van der Waals surface area contributed by atoms with E-state index >= 15 is 0 Å². The van der Waals surface area contributed by atoms with Gasteiger partial charge >= 0.3 is 0 Å². The number of nitrogens with one attached hydrogen (secondary N) is 2. The molecule has 34 heavy (non-hydrogen) atoms. The smallest absolute Gasteiger partial charge is 0.139 e. The highest BCUT2D eigenvalue weighted by atomic mass is 31.2. The summed E-state index contributed by atoms with van der Waals surface area (Å²) >= 11 is 0. The highest BCUT2D eigenvalue weighted by Gasteiger charge is 2.18. The number of likely N-dealkylation sites (N-methyl/N-ethyl adjacent to an activating group) is 2. The van der Waals surface area contributed by atoms with Gasteiger partial charge in [0.25, 0.3) is 0 Å². The van der Waals surface area contributed by atoms with Gasteiger partial charge in [-0.25, -0.2) is 9.37 Å². The van der Waals surface area contributed by atoms with Crippen LogP contribution >= 0.6 is 7.14 Å². The Morgan fingerprint density at radius 2 is 1.71 bits per heavy atom. The first-order valence-electron chi connectivity index (χ1n) is 11.2. The number of aromatic amines is 1. The number of benzene rings is 2. The average molecular weight is 480 g/mol. The van der Waals surface area contributed by atoms with Crippen LogP contribution < -0.4 is 15.5 Å². The van der Waals surface area contributed by atoms with Crippen LogP contribution in [0.5, 0.6) is 0 Å². The van der Waals surface area contributed by atoms with Crippen molar-refractivity contribution >= 4 is 40.5 Å². The van der Waals surface area contributed by atoms with E-state index in [2.05, 4.69) is 70.5 Å². The number of hydrogen-bond donors (Lipinski definition) is 2. The summed E-state index contributed by atoms with van der Waals surface area (Å²) in [6.07, 6.45) is 1.70. The summed E-state index contributed by atoms with van der Waals surface area (Å²) in [7, 11) is 3.64. The van der Waals surface area contributed by atoms with Gasteiger partial charge in [0.15, 0.2) is 0 Å². The molecule has 0 saturated carbocycles. The van der Waals surface area contributed by atoms with Gasteiger partial charge in [-0.1, -0.05) is 12.1 Å². The molecule has 0 aliphatic carbocycles. The Kier molecular flexibility index (Phi) is 6.78. The first kappa shape index (κ1) is 24.0. The Hall–Kier alpha value is -3.15. The zero-order chi connectivity index (χ0) is 24.5. The fraction of sp³-hybridized carbons (Fsp3) is 0.269. The van der Waals surface area contributed by atoms with Gasteiger partial charge in [-0.3, -0.25) is 0 Å². The third-order valence-corrected chi connectivity index (χ3v) is 7.39. The van der Waals surface area contributed by atoms with E-state index in [0.29, 0.717) is 11.0 Å². The first-order valence-corrected chi connectivity index (χ1v) is 13.8. The van der Waals surface area contributed by atoms with Crippen molar-refractivity contribution in [2.45, 2.75) is 0 Å². The van der Waals surface area contributed by atoms with Crippen molar-refractivity contribution in [1.82, 2.24) is 14.9 Å². The minimum Gasteiger partial charge on any atom is -0.373 e. The molecule has 0 saturated heterocycles. The number of hydrogen-bond acceptors (Lipinski definition) is 5. The molecule has 0 aliphatic heterocycles. The molecule has 4 aromatic rings. The lowest BCUT2D eigenvalue weighted by Gasteiger charge is -2.21. The third-order valence-electron chi connectivity index (χ3n) is 5.84. The van der Waals surface area contributed by atoms with E-state index in [1.165, 1.54) is 12.1 Å². The van der Waals surface area contributed by atoms with Gasteiger partial charge in [0.1, 0.15) is 18.6 Å². The highest BCUT2D eigenvalue weighted by molar-refractivity contribution is 7.70. The standard InChI is InChI=1S/C26H31FN5OP/c1-31(2)14-15-32(3)20-9-6-18(7-10-20)23-17-21-22(12-13-28-26(21)30-23)29-24-16-19(27)8-11-25(24)34(4,5)33/h6-13,16-17H,14-15H2,1-5H3,(H2,28,29,30). The Balaban J connectivity index is 1.64. The second-order valence-corrected chi connectivity index (χ2v) is 12.4. The van der Waals surface area contributed by atoms with Gasteiger partial charge in [-0.2, -0.15) is 0 Å². The molecule has 0 bridgehead atoms. The van der Waals surface area contributed by atoms with Gasteiger partial charge in [0.2, 0.25) is 0 Å². The van der Waals surface area contributed by atoms with Crippen LogP contribution in [0.4, 0.5) is 21.5 Å². The van der Waals surface area contributed by atoms with Gasteiger partial charge in [0, 0.05) is 48.4 Å². The van der Waals surface area contributed by atoms with E-state index < -0.39 is 7.14 Å². The molecule has 6 nitrogen and oxygen atoms in total. The van der Waals surface area contributed by atoms with Crippen LogP contribution in [0.3, 0.4) is 0 Å². The molecule has 0 unspecified atom stereocenters. The number of anilines is 3. The maximum Gasteiger partial charge on any atom is 0.139 e. The zero-order valence-corrected chi connectivity index (χ0v) is 21.2. The van der Waals surface area contributed by atoms with Crippen LogP contribution in [-0.4, -0.2) is 62.4 Å². The van der Waals surface area contributed by atoms with Gasteiger partial charge in [-0.05, 0) is 75.5 Å². The second-order valence-electron chi connectivity index (χ2n) is 9.21. The number of nitrogens with zero attached hydrogens (tertiary/aromatic N) is 3. The van der Waals surface area contributed by atoms with Crippen LogP contribution in [0.1, 0.15) is 0 Å². The Morgan fingerprint density at radius 3 is 2.38 bits per heavy atom. The largest absolute Gasteiger partial charge is 0.373 e. The monoisotopic (exact) mass is 479 g/mol. The van der Waals surface area contributed by atoms with E-state index in [1.54, 1.807) is 25.6 Å². The van der Waals surface area contributed by atoms with Crippen LogP contribution in [0, 0.1) is 5.82 Å². The van der Waals surface area contributed by atoms with Crippen molar-refractivity contribution in [3.63, 3.8) is 0 Å². The number of halogens is 1. The van der Waals surface area contributed by atoms with Crippen LogP contribution in [0.15, 0.2) is 60.8 Å². The predicted molar refractivity (Wildman–Crippen MR) is 142 cm³/mol. The van der Waals surface area contributed by atoms with Crippen molar-refractivity contribution in [1.29, 1.82) is 0 Å². The lowest BCUT2D eigenvalue weighted by Crippen LogP contribution is -2.28. The molecule has 0 aliphatic rings. The molecule has 0 spiro atoms. The minimum atomic E-state index is -2.60. The lowest BCUT2D eigenvalue weighted by atomic mass is 10.1. The molecular weight excluding hydrogens is 448 g/mol. The summed E-state index contributed by atoms with van der Waals surface area (Å²) in [5, 5.41) is 4.78. The van der Waals surface area contributed by atoms with Gasteiger partial charge in [-0.15, -0.1) is 0 Å². The van der Waals surface area contributed by atoms with Crippen molar-refractivity contribution in [3.05, 3.63) is 66.6 Å². The Morgan fingerprint density at radius 1 is 0.971 bits per heavy atom. The van der Waals surface area contributed by atoms with E-state index in [9.17, 15) is 8.96 Å². The molecule has 0 fully saturated rings. The molecular formula is C26H31FN5OP. The highest BCUT2D eigenvalue weighted by Crippen LogP contribution is 2.39. The van der Waals surface area contributed by atoms with E-state index in [1.807, 2.05) is 12.1 Å². The summed E-state index contributed by atoms with van der Waals surface area (Å²) in [5.41, 5.74) is 5.15. The molecule has 2 heterocycles. The number of fused-ring (bicyclic) bond motifs is 1. The lowest BCUT2D eigenvalue weighted by molar-refractivity contribution is 0.416. The van der Waals surface area contributed by atoms with Crippen LogP contribution in [-0.2, 0) is 4.57 Å². The zero-order valence-electron chi connectivity index (χ0n) is 20.3.